The molecule has 27 heavy (non-hydrogen) atoms. The first-order valence-electron chi connectivity index (χ1n) is 9.01. The van der Waals surface area contributed by atoms with Crippen LogP contribution in [0.4, 0.5) is 0 Å². The first-order chi connectivity index (χ1) is 12.6. The summed E-state index contributed by atoms with van der Waals surface area (Å²) >= 11 is 6.01. The molecule has 8 heteroatoms. The highest BCUT2D eigenvalue weighted by atomic mass is 35.5. The lowest BCUT2D eigenvalue weighted by Crippen LogP contribution is -2.52. The number of aliphatic hydroxyl groups is 2. The minimum atomic E-state index is -1.63. The van der Waals surface area contributed by atoms with Crippen molar-refractivity contribution >= 4 is 23.5 Å². The van der Waals surface area contributed by atoms with Crippen LogP contribution < -0.4 is 0 Å². The van der Waals surface area contributed by atoms with E-state index < -0.39 is 53.3 Å². The zero-order valence-corrected chi connectivity index (χ0v) is 15.8. The highest BCUT2D eigenvalue weighted by Gasteiger charge is 2.64. The number of esters is 2. The second-order valence-corrected chi connectivity index (χ2v) is 8.52. The van der Waals surface area contributed by atoms with Gasteiger partial charge in [-0.1, -0.05) is 18.7 Å². The Bertz CT molecular complexity index is 730. The van der Waals surface area contributed by atoms with Crippen molar-refractivity contribution in [2.24, 2.45) is 17.8 Å². The molecule has 0 bridgehead atoms. The molecule has 0 spiro atoms. The van der Waals surface area contributed by atoms with Crippen LogP contribution in [0.5, 0.6) is 0 Å². The number of epoxide rings is 1. The molecule has 0 aromatic heterocycles. The van der Waals surface area contributed by atoms with Crippen LogP contribution in [0.2, 0.25) is 0 Å². The molecule has 148 valence electrons. The first kappa shape index (κ1) is 18.9. The summed E-state index contributed by atoms with van der Waals surface area (Å²) in [5.41, 5.74) is -1.69. The van der Waals surface area contributed by atoms with Gasteiger partial charge in [-0.25, -0.2) is 9.59 Å². The number of alkyl halides is 1. The number of carbonyl (C=O) groups excluding carboxylic acids is 2. The van der Waals surface area contributed by atoms with E-state index in [1.165, 1.54) is 0 Å². The molecule has 4 fully saturated rings. The maximum absolute atomic E-state index is 12.4. The molecule has 4 aliphatic rings. The summed E-state index contributed by atoms with van der Waals surface area (Å²) in [5.74, 6) is -2.92. The fourth-order valence-electron chi connectivity index (χ4n) is 4.75. The summed E-state index contributed by atoms with van der Waals surface area (Å²) in [5, 5.41) is 21.5. The molecule has 2 saturated heterocycles. The molecule has 0 amide bonds. The average molecular weight is 399 g/mol. The first-order valence-corrected chi connectivity index (χ1v) is 9.54. The number of hydrogen-bond acceptors (Lipinski definition) is 7. The molecule has 2 heterocycles. The zero-order valence-electron chi connectivity index (χ0n) is 15.0. The Hall–Kier alpha value is -1.41. The van der Waals surface area contributed by atoms with Crippen LogP contribution >= 0.6 is 11.6 Å². The topological polar surface area (TPSA) is 106 Å². The van der Waals surface area contributed by atoms with Gasteiger partial charge in [-0.15, -0.1) is 11.6 Å². The Morgan fingerprint density at radius 2 is 2.11 bits per heavy atom. The largest absolute Gasteiger partial charge is 0.459 e. The molecule has 2 aliphatic heterocycles. The van der Waals surface area contributed by atoms with Crippen molar-refractivity contribution in [3.63, 3.8) is 0 Å². The molecule has 7 nitrogen and oxygen atoms in total. The van der Waals surface area contributed by atoms with Crippen LogP contribution in [0.1, 0.15) is 19.8 Å². The lowest BCUT2D eigenvalue weighted by molar-refractivity contribution is -0.161. The highest BCUT2D eigenvalue weighted by Crippen LogP contribution is 2.55. The van der Waals surface area contributed by atoms with Crippen LogP contribution in [0.3, 0.4) is 0 Å². The van der Waals surface area contributed by atoms with Crippen molar-refractivity contribution in [2.75, 3.05) is 12.5 Å². The fourth-order valence-corrected chi connectivity index (χ4v) is 5.11. The Labute approximate surface area is 161 Å². The summed E-state index contributed by atoms with van der Waals surface area (Å²) < 4.78 is 16.4. The quantitative estimate of drug-likeness (QED) is 0.237. The summed E-state index contributed by atoms with van der Waals surface area (Å²) in [7, 11) is 0. The van der Waals surface area contributed by atoms with E-state index in [9.17, 15) is 19.8 Å². The second kappa shape index (κ2) is 6.04. The molecule has 2 saturated carbocycles. The van der Waals surface area contributed by atoms with Crippen molar-refractivity contribution < 1.29 is 34.0 Å². The van der Waals surface area contributed by atoms with Gasteiger partial charge in [0.1, 0.15) is 17.8 Å². The lowest BCUT2D eigenvalue weighted by atomic mass is 9.76. The van der Waals surface area contributed by atoms with Crippen molar-refractivity contribution in [1.82, 2.24) is 0 Å². The normalized spacial score (nSPS) is 48.5. The van der Waals surface area contributed by atoms with Gasteiger partial charge in [0.15, 0.2) is 5.60 Å². The number of carbonyl (C=O) groups is 2. The number of halogens is 1. The van der Waals surface area contributed by atoms with E-state index in [4.69, 9.17) is 25.8 Å². The van der Waals surface area contributed by atoms with Crippen LogP contribution in [0, 0.1) is 17.8 Å². The highest BCUT2D eigenvalue weighted by molar-refractivity contribution is 6.18. The third kappa shape index (κ3) is 2.67. The number of ether oxygens (including phenoxy) is 3. The standard InChI is InChI=1S/C19H23ClO7/c1-8-4-11(26-17(23)18(3)7-25-18)13-9(2)16(22)27-15(13)14-10(8)5-12(21)19(14,24)6-20/h10-15,21,24H,1-2,4-7H2,3H3/t10-,11-,12-,13+,14-,15-,18+,19+/m0/s1. The smallest absolute Gasteiger partial charge is 0.340 e. The zero-order chi connectivity index (χ0) is 19.7. The van der Waals surface area contributed by atoms with E-state index in [0.29, 0.717) is 0 Å². The van der Waals surface area contributed by atoms with E-state index in [1.807, 2.05) is 0 Å². The van der Waals surface area contributed by atoms with Gasteiger partial charge in [0.25, 0.3) is 0 Å². The number of aliphatic hydroxyl groups excluding tert-OH is 1. The fraction of sp³-hybridized carbons (Fsp3) is 0.684. The Morgan fingerprint density at radius 1 is 1.44 bits per heavy atom. The predicted molar refractivity (Wildman–Crippen MR) is 93.8 cm³/mol. The minimum Gasteiger partial charge on any atom is -0.459 e. The van der Waals surface area contributed by atoms with E-state index in [-0.39, 0.29) is 36.8 Å². The summed E-state index contributed by atoms with van der Waals surface area (Å²) in [6.45, 7) is 9.85. The molecular weight excluding hydrogens is 376 g/mol. The van der Waals surface area contributed by atoms with Gasteiger partial charge in [-0.3, -0.25) is 0 Å². The average Bonchev–Trinajstić information content (AvgIpc) is 3.25. The van der Waals surface area contributed by atoms with Crippen molar-refractivity contribution in [1.29, 1.82) is 0 Å². The van der Waals surface area contributed by atoms with Gasteiger partial charge >= 0.3 is 11.9 Å². The molecule has 2 N–H and O–H groups in total. The molecule has 4 rings (SSSR count). The number of hydrogen-bond donors (Lipinski definition) is 2. The third-order valence-corrected chi connectivity index (χ3v) is 6.98. The molecular formula is C19H23ClO7. The van der Waals surface area contributed by atoms with Crippen LogP contribution in [-0.2, 0) is 23.8 Å². The third-order valence-electron chi connectivity index (χ3n) is 6.55. The predicted octanol–water partition coefficient (Wildman–Crippen LogP) is 0.712. The lowest BCUT2D eigenvalue weighted by Gasteiger charge is -2.37. The molecule has 0 aromatic carbocycles. The second-order valence-electron chi connectivity index (χ2n) is 8.26. The SMILES string of the molecule is C=C1C(=O)O[C@H]2[C@H]1[C@@H](OC(=O)[C@@]1(C)CO1)CC(=C)[C@@H]1C[C@H](O)[C@](O)(CCl)[C@H]21. The van der Waals surface area contributed by atoms with Gasteiger partial charge in [0.2, 0.25) is 0 Å². The molecule has 0 aromatic rings. The van der Waals surface area contributed by atoms with Gasteiger partial charge in [0.05, 0.1) is 24.5 Å². The maximum Gasteiger partial charge on any atom is 0.340 e. The van der Waals surface area contributed by atoms with Gasteiger partial charge in [-0.05, 0) is 19.3 Å². The van der Waals surface area contributed by atoms with E-state index in [0.717, 1.165) is 5.57 Å². The maximum atomic E-state index is 12.4. The van der Waals surface area contributed by atoms with Crippen molar-refractivity contribution in [2.45, 2.75) is 49.3 Å². The van der Waals surface area contributed by atoms with Crippen molar-refractivity contribution in [3.8, 4) is 0 Å². The van der Waals surface area contributed by atoms with Crippen molar-refractivity contribution in [3.05, 3.63) is 24.3 Å². The van der Waals surface area contributed by atoms with E-state index in [2.05, 4.69) is 13.2 Å². The van der Waals surface area contributed by atoms with E-state index >= 15 is 0 Å². The number of rotatable bonds is 3. The van der Waals surface area contributed by atoms with Crippen LogP contribution in [0.15, 0.2) is 24.3 Å². The minimum absolute atomic E-state index is 0.187. The summed E-state index contributed by atoms with van der Waals surface area (Å²) in [6.07, 6.45) is -2.04. The molecule has 0 radical (unpaired) electrons. The van der Waals surface area contributed by atoms with Crippen LogP contribution in [0.25, 0.3) is 0 Å². The van der Waals surface area contributed by atoms with Gasteiger partial charge < -0.3 is 24.4 Å². The Kier molecular flexibility index (Phi) is 4.24. The Morgan fingerprint density at radius 3 is 2.70 bits per heavy atom. The summed E-state index contributed by atoms with van der Waals surface area (Å²) in [6, 6.07) is 0. The molecule has 0 unspecified atom stereocenters. The van der Waals surface area contributed by atoms with Gasteiger partial charge in [-0.2, -0.15) is 0 Å². The molecule has 2 aliphatic carbocycles. The monoisotopic (exact) mass is 398 g/mol. The van der Waals surface area contributed by atoms with E-state index in [1.54, 1.807) is 6.92 Å². The van der Waals surface area contributed by atoms with Gasteiger partial charge in [0, 0.05) is 17.9 Å². The number of fused-ring (bicyclic) bond motifs is 3. The van der Waals surface area contributed by atoms with Crippen LogP contribution in [-0.4, -0.2) is 64.2 Å². The molecule has 8 atom stereocenters. The Balaban J connectivity index is 1.72. The summed E-state index contributed by atoms with van der Waals surface area (Å²) in [4.78, 5) is 24.7.